The maximum absolute atomic E-state index is 12.2. The van der Waals surface area contributed by atoms with Crippen LogP contribution in [0.1, 0.15) is 40.0 Å². The van der Waals surface area contributed by atoms with E-state index in [2.05, 4.69) is 4.72 Å². The zero-order valence-corrected chi connectivity index (χ0v) is 14.1. The maximum Gasteiger partial charge on any atom is 0.261 e. The molecule has 1 saturated carbocycles. The summed E-state index contributed by atoms with van der Waals surface area (Å²) in [4.78, 5) is 25.5. The molecule has 130 valence electrons. The van der Waals surface area contributed by atoms with Crippen LogP contribution in [0.5, 0.6) is 0 Å². The van der Waals surface area contributed by atoms with E-state index in [1.807, 2.05) is 0 Å². The molecule has 24 heavy (non-hydrogen) atoms. The van der Waals surface area contributed by atoms with E-state index in [1.165, 1.54) is 0 Å². The zero-order valence-electron chi connectivity index (χ0n) is 13.3. The largest absolute Gasteiger partial charge is 0.329 e. The van der Waals surface area contributed by atoms with Crippen LogP contribution in [-0.2, 0) is 10.0 Å². The molecule has 0 spiro atoms. The number of imide groups is 1. The van der Waals surface area contributed by atoms with Crippen molar-refractivity contribution in [3.05, 3.63) is 35.4 Å². The second kappa shape index (κ2) is 6.62. The summed E-state index contributed by atoms with van der Waals surface area (Å²) in [6.45, 7) is 0.367. The van der Waals surface area contributed by atoms with Crippen molar-refractivity contribution in [3.8, 4) is 0 Å². The Morgan fingerprint density at radius 3 is 2.25 bits per heavy atom. The fourth-order valence-corrected chi connectivity index (χ4v) is 4.36. The van der Waals surface area contributed by atoms with Gasteiger partial charge >= 0.3 is 0 Å². The lowest BCUT2D eigenvalue weighted by Gasteiger charge is -2.17. The Morgan fingerprint density at radius 1 is 1.17 bits per heavy atom. The van der Waals surface area contributed by atoms with Crippen LogP contribution in [0.2, 0.25) is 0 Å². The molecule has 1 aliphatic heterocycles. The minimum absolute atomic E-state index is 0.0873. The molecule has 0 radical (unpaired) electrons. The molecule has 1 heterocycles. The molecule has 3 N–H and O–H groups in total. The Labute approximate surface area is 141 Å². The van der Waals surface area contributed by atoms with E-state index in [0.29, 0.717) is 17.0 Å². The number of hydrogen-bond acceptors (Lipinski definition) is 5. The third-order valence-electron chi connectivity index (χ3n) is 4.45. The summed E-state index contributed by atoms with van der Waals surface area (Å²) >= 11 is 0. The normalized spacial score (nSPS) is 18.8. The van der Waals surface area contributed by atoms with Crippen LogP contribution >= 0.6 is 0 Å². The third kappa shape index (κ3) is 3.50. The van der Waals surface area contributed by atoms with Gasteiger partial charge in [0.05, 0.1) is 16.9 Å². The number of nitrogens with one attached hydrogen (secondary N) is 1. The van der Waals surface area contributed by atoms with E-state index < -0.39 is 10.0 Å². The van der Waals surface area contributed by atoms with Crippen molar-refractivity contribution in [1.29, 1.82) is 0 Å². The lowest BCUT2D eigenvalue weighted by atomic mass is 10.1. The molecule has 1 unspecified atom stereocenters. The predicted molar refractivity (Wildman–Crippen MR) is 88.9 cm³/mol. The Morgan fingerprint density at radius 2 is 1.75 bits per heavy atom. The Bertz CT molecular complexity index is 723. The molecule has 0 aromatic heterocycles. The first kappa shape index (κ1) is 17.1. The molecular formula is C16H21N3O4S. The monoisotopic (exact) mass is 351 g/mol. The van der Waals surface area contributed by atoms with Crippen molar-refractivity contribution in [2.45, 2.75) is 25.3 Å². The van der Waals surface area contributed by atoms with Crippen molar-refractivity contribution in [2.24, 2.45) is 11.7 Å². The average molecular weight is 351 g/mol. The van der Waals surface area contributed by atoms with Crippen molar-refractivity contribution in [2.75, 3.05) is 18.8 Å². The standard InChI is InChI=1S/C16H21N3O4S/c17-10-14(11-6-7-11)18-24(22,23)9-3-8-19-15(20)12-4-1-2-5-13(12)16(19)21/h1-2,4-5,11,14,18H,3,6-10,17H2. The first-order valence-electron chi connectivity index (χ1n) is 8.08. The van der Waals surface area contributed by atoms with Gasteiger partial charge in [0.2, 0.25) is 10.0 Å². The van der Waals surface area contributed by atoms with Gasteiger partial charge in [-0.2, -0.15) is 0 Å². The van der Waals surface area contributed by atoms with E-state index in [9.17, 15) is 18.0 Å². The van der Waals surface area contributed by atoms with Crippen LogP contribution in [-0.4, -0.2) is 50.0 Å². The van der Waals surface area contributed by atoms with Gasteiger partial charge in [-0.1, -0.05) is 12.1 Å². The van der Waals surface area contributed by atoms with E-state index >= 15 is 0 Å². The van der Waals surface area contributed by atoms with E-state index in [1.54, 1.807) is 24.3 Å². The second-order valence-corrected chi connectivity index (χ2v) is 8.15. The van der Waals surface area contributed by atoms with Crippen molar-refractivity contribution >= 4 is 21.8 Å². The summed E-state index contributed by atoms with van der Waals surface area (Å²) in [5.74, 6) is -0.526. The van der Waals surface area contributed by atoms with Crippen molar-refractivity contribution in [1.82, 2.24) is 9.62 Å². The molecule has 0 bridgehead atoms. The van der Waals surface area contributed by atoms with Gasteiger partial charge in [0.1, 0.15) is 0 Å². The summed E-state index contributed by atoms with van der Waals surface area (Å²) in [5.41, 5.74) is 6.36. The molecule has 2 amide bonds. The van der Waals surface area contributed by atoms with E-state index in [4.69, 9.17) is 5.73 Å². The summed E-state index contributed by atoms with van der Waals surface area (Å²) in [7, 11) is -3.47. The van der Waals surface area contributed by atoms with Gasteiger partial charge in [0, 0.05) is 19.1 Å². The van der Waals surface area contributed by atoms with Crippen LogP contribution in [0.25, 0.3) is 0 Å². The quantitative estimate of drug-likeness (QED) is 0.656. The lowest BCUT2D eigenvalue weighted by molar-refractivity contribution is 0.0654. The number of carbonyl (C=O) groups excluding carboxylic acids is 2. The van der Waals surface area contributed by atoms with Gasteiger partial charge in [-0.25, -0.2) is 13.1 Å². The molecule has 1 fully saturated rings. The summed E-state index contributed by atoms with van der Waals surface area (Å²) in [5, 5.41) is 0. The molecule has 2 aliphatic rings. The number of carbonyl (C=O) groups is 2. The Hall–Kier alpha value is -1.77. The molecule has 3 rings (SSSR count). The maximum atomic E-state index is 12.2. The molecule has 8 heteroatoms. The van der Waals surface area contributed by atoms with Crippen LogP contribution in [0.4, 0.5) is 0 Å². The fraction of sp³-hybridized carbons (Fsp3) is 0.500. The van der Waals surface area contributed by atoms with Crippen molar-refractivity contribution < 1.29 is 18.0 Å². The van der Waals surface area contributed by atoms with Crippen LogP contribution in [0.3, 0.4) is 0 Å². The molecule has 1 aromatic rings. The molecule has 1 aliphatic carbocycles. The van der Waals surface area contributed by atoms with Crippen LogP contribution in [0, 0.1) is 5.92 Å². The van der Waals surface area contributed by atoms with E-state index in [0.717, 1.165) is 17.7 Å². The fourth-order valence-electron chi connectivity index (χ4n) is 2.98. The first-order valence-corrected chi connectivity index (χ1v) is 9.73. The summed E-state index contributed by atoms with van der Waals surface area (Å²) in [6, 6.07) is 6.40. The first-order chi connectivity index (χ1) is 11.4. The predicted octanol–water partition coefficient (Wildman–Crippen LogP) is 0.329. The third-order valence-corrected chi connectivity index (χ3v) is 5.94. The SMILES string of the molecule is NCC(NS(=O)(=O)CCCN1C(=O)c2ccccc2C1=O)C1CC1. The average Bonchev–Trinajstić information content (AvgIpc) is 3.37. The molecule has 7 nitrogen and oxygen atoms in total. The number of nitrogens with zero attached hydrogens (tertiary/aromatic N) is 1. The second-order valence-electron chi connectivity index (χ2n) is 6.28. The number of amides is 2. The minimum atomic E-state index is -3.47. The number of rotatable bonds is 8. The van der Waals surface area contributed by atoms with Gasteiger partial charge in [-0.3, -0.25) is 14.5 Å². The highest BCUT2D eigenvalue weighted by Gasteiger charge is 2.35. The topological polar surface area (TPSA) is 110 Å². The Kier molecular flexibility index (Phi) is 4.71. The highest BCUT2D eigenvalue weighted by Crippen LogP contribution is 2.32. The number of sulfonamides is 1. The summed E-state index contributed by atoms with van der Waals surface area (Å²) < 4.78 is 26.9. The van der Waals surface area contributed by atoms with Gasteiger partial charge in [0.25, 0.3) is 11.8 Å². The van der Waals surface area contributed by atoms with Crippen LogP contribution < -0.4 is 10.5 Å². The van der Waals surface area contributed by atoms with Gasteiger partial charge < -0.3 is 5.73 Å². The number of nitrogens with two attached hydrogens (primary N) is 1. The van der Waals surface area contributed by atoms with Crippen LogP contribution in [0.15, 0.2) is 24.3 Å². The number of fused-ring (bicyclic) bond motifs is 1. The Balaban J connectivity index is 1.55. The highest BCUT2D eigenvalue weighted by atomic mass is 32.2. The smallest absolute Gasteiger partial charge is 0.261 e. The van der Waals surface area contributed by atoms with E-state index in [-0.39, 0.29) is 43.1 Å². The van der Waals surface area contributed by atoms with Crippen molar-refractivity contribution in [3.63, 3.8) is 0 Å². The zero-order chi connectivity index (χ0) is 17.3. The molecule has 1 atom stereocenters. The van der Waals surface area contributed by atoms with Gasteiger partial charge in [0.15, 0.2) is 0 Å². The molecular weight excluding hydrogens is 330 g/mol. The van der Waals surface area contributed by atoms with Gasteiger partial charge in [-0.05, 0) is 37.3 Å². The lowest BCUT2D eigenvalue weighted by Crippen LogP contribution is -2.43. The summed E-state index contributed by atoms with van der Waals surface area (Å²) in [6.07, 6.45) is 2.20. The highest BCUT2D eigenvalue weighted by molar-refractivity contribution is 7.89. The number of hydrogen-bond donors (Lipinski definition) is 2. The molecule has 0 saturated heterocycles. The minimum Gasteiger partial charge on any atom is -0.329 e. The van der Waals surface area contributed by atoms with Gasteiger partial charge in [-0.15, -0.1) is 0 Å². The molecule has 1 aromatic carbocycles. The number of benzene rings is 1.